The van der Waals surface area contributed by atoms with Crippen molar-refractivity contribution in [1.29, 1.82) is 0 Å². The van der Waals surface area contributed by atoms with Gasteiger partial charge in [0.25, 0.3) is 11.8 Å². The average molecular weight is 661 g/mol. The molecule has 7 rings (SSSR count). The topological polar surface area (TPSA) is 205 Å². The molecule has 0 radical (unpaired) electrons. The van der Waals surface area contributed by atoms with Gasteiger partial charge in [-0.3, -0.25) is 28.5 Å². The minimum atomic E-state index is -0.662. The van der Waals surface area contributed by atoms with Crippen molar-refractivity contribution in [3.8, 4) is 0 Å². The Morgan fingerprint density at radius 3 is 1.98 bits per heavy atom. The van der Waals surface area contributed by atoms with Gasteiger partial charge in [0, 0.05) is 29.8 Å². The molecular weight excluding hydrogens is 624 g/mol. The van der Waals surface area contributed by atoms with Crippen molar-refractivity contribution in [1.82, 2.24) is 30.2 Å². The molecule has 49 heavy (non-hydrogen) atoms. The van der Waals surface area contributed by atoms with Crippen molar-refractivity contribution in [3.63, 3.8) is 0 Å². The van der Waals surface area contributed by atoms with Gasteiger partial charge in [0.1, 0.15) is 23.1 Å². The molecule has 250 valence electrons. The Bertz CT molecular complexity index is 2140. The van der Waals surface area contributed by atoms with Gasteiger partial charge in [0.05, 0.1) is 34.6 Å². The van der Waals surface area contributed by atoms with Crippen LogP contribution in [0.1, 0.15) is 108 Å². The van der Waals surface area contributed by atoms with Crippen molar-refractivity contribution in [3.05, 3.63) is 93.1 Å². The number of nitrogens with one attached hydrogen (secondary N) is 2. The summed E-state index contributed by atoms with van der Waals surface area (Å²) >= 11 is 0. The van der Waals surface area contributed by atoms with Crippen LogP contribution in [-0.4, -0.2) is 54.9 Å². The number of fused-ring (bicyclic) bond motifs is 9. The molecule has 2 atom stereocenters. The molecule has 6 N–H and O–H groups in total. The van der Waals surface area contributed by atoms with Gasteiger partial charge in [0.15, 0.2) is 0 Å². The van der Waals surface area contributed by atoms with E-state index >= 15 is 0 Å². The summed E-state index contributed by atoms with van der Waals surface area (Å²) in [6.07, 6.45) is 3.08. The Morgan fingerprint density at radius 2 is 1.41 bits per heavy atom. The summed E-state index contributed by atoms with van der Waals surface area (Å²) in [5.74, 6) is -2.72. The number of nitrogens with zero attached hydrogens (tertiary/aromatic N) is 6. The number of hydrogen-bond acceptors (Lipinski definition) is 8. The molecule has 4 amide bonds. The maximum atomic E-state index is 14.3. The molecule has 2 aromatic carbocycles. The highest BCUT2D eigenvalue weighted by atomic mass is 16.2. The number of amidine groups is 2. The first-order valence-corrected chi connectivity index (χ1v) is 16.3. The van der Waals surface area contributed by atoms with E-state index in [4.69, 9.17) is 21.5 Å². The van der Waals surface area contributed by atoms with E-state index < -0.39 is 29.6 Å². The fraction of sp³-hybridized carbons (Fsp3) is 0.314. The van der Waals surface area contributed by atoms with Gasteiger partial charge < -0.3 is 22.1 Å². The minimum absolute atomic E-state index is 0.257. The highest BCUT2D eigenvalue weighted by molar-refractivity contribution is 6.17. The summed E-state index contributed by atoms with van der Waals surface area (Å²) in [6, 6.07) is 11.6. The summed E-state index contributed by atoms with van der Waals surface area (Å²) in [5.41, 5.74) is 17.2. The second kappa shape index (κ2) is 12.3. The zero-order chi connectivity index (χ0) is 34.6. The van der Waals surface area contributed by atoms with Gasteiger partial charge in [-0.2, -0.15) is 10.2 Å². The van der Waals surface area contributed by atoms with Gasteiger partial charge in [-0.1, -0.05) is 18.6 Å². The normalized spacial score (nSPS) is 18.8. The van der Waals surface area contributed by atoms with Gasteiger partial charge >= 0.3 is 0 Å². The number of primary amides is 2. The van der Waals surface area contributed by atoms with E-state index in [0.29, 0.717) is 70.8 Å². The van der Waals surface area contributed by atoms with Crippen LogP contribution in [0.3, 0.4) is 0 Å². The number of rotatable bonds is 3. The van der Waals surface area contributed by atoms with Crippen LogP contribution in [0.2, 0.25) is 0 Å². The zero-order valence-electron chi connectivity index (χ0n) is 27.4. The van der Waals surface area contributed by atoms with Crippen LogP contribution in [0, 0.1) is 13.8 Å². The third-order valence-corrected chi connectivity index (χ3v) is 9.39. The van der Waals surface area contributed by atoms with Crippen LogP contribution in [0.15, 0.2) is 52.4 Å². The number of aryl methyl sites for hydroxylation is 4. The SMILES string of the molecule is CCn1nc(C)c2c1C(=O)NC1=Nc3cc(C(N)=O)ccc3C1C1C(=Nc3cc(C(N)=O)ccc31)NC(=O)c1cc(C)nn1CCCCC2. The van der Waals surface area contributed by atoms with E-state index in [1.165, 1.54) is 0 Å². The molecule has 0 saturated heterocycles. The third-order valence-electron chi connectivity index (χ3n) is 9.39. The molecule has 0 bridgehead atoms. The quantitative estimate of drug-likeness (QED) is 0.259. The van der Waals surface area contributed by atoms with Gasteiger partial charge in [-0.15, -0.1) is 0 Å². The van der Waals surface area contributed by atoms with Crippen molar-refractivity contribution >= 4 is 46.7 Å². The van der Waals surface area contributed by atoms with Gasteiger partial charge in [0.2, 0.25) is 11.8 Å². The lowest BCUT2D eigenvalue weighted by molar-refractivity contribution is 0.0955. The van der Waals surface area contributed by atoms with E-state index in [1.54, 1.807) is 51.8 Å². The molecule has 0 fully saturated rings. The molecule has 0 aliphatic carbocycles. The Morgan fingerprint density at radius 1 is 0.816 bits per heavy atom. The number of nitrogens with two attached hydrogens (primary N) is 2. The molecule has 0 spiro atoms. The Kier molecular flexibility index (Phi) is 7.93. The predicted molar refractivity (Wildman–Crippen MR) is 182 cm³/mol. The summed E-state index contributed by atoms with van der Waals surface area (Å²) < 4.78 is 3.42. The second-order valence-corrected chi connectivity index (χ2v) is 12.6. The van der Waals surface area contributed by atoms with Crippen molar-refractivity contribution in [2.45, 2.75) is 71.4 Å². The molecule has 0 saturated carbocycles. The predicted octanol–water partition coefficient (Wildman–Crippen LogP) is 3.46. The maximum Gasteiger partial charge on any atom is 0.275 e. The lowest BCUT2D eigenvalue weighted by atomic mass is 9.80. The number of amides is 4. The number of carbonyl (C=O) groups is 4. The second-order valence-electron chi connectivity index (χ2n) is 12.6. The first-order valence-electron chi connectivity index (χ1n) is 16.3. The average Bonchev–Trinajstić information content (AvgIpc) is 3.80. The zero-order valence-corrected chi connectivity index (χ0v) is 27.4. The van der Waals surface area contributed by atoms with Crippen molar-refractivity contribution in [2.75, 3.05) is 0 Å². The smallest absolute Gasteiger partial charge is 0.275 e. The maximum absolute atomic E-state index is 14.3. The molecule has 14 nitrogen and oxygen atoms in total. The fourth-order valence-corrected chi connectivity index (χ4v) is 7.09. The number of hydrogen-bond donors (Lipinski definition) is 4. The van der Waals surface area contributed by atoms with Crippen molar-refractivity contribution in [2.24, 2.45) is 21.5 Å². The Labute approximate surface area is 281 Å². The van der Waals surface area contributed by atoms with E-state index in [-0.39, 0.29) is 17.0 Å². The van der Waals surface area contributed by atoms with Crippen LogP contribution in [0.25, 0.3) is 0 Å². The third kappa shape index (κ3) is 5.58. The summed E-state index contributed by atoms with van der Waals surface area (Å²) in [4.78, 5) is 62.2. The highest BCUT2D eigenvalue weighted by Crippen LogP contribution is 2.49. The van der Waals surface area contributed by atoms with Crippen LogP contribution in [0.4, 0.5) is 11.4 Å². The fourth-order valence-electron chi connectivity index (χ4n) is 7.09. The number of aromatic nitrogens is 4. The summed E-state index contributed by atoms with van der Waals surface area (Å²) in [6.45, 7) is 6.71. The molecule has 14 heteroatoms. The van der Waals surface area contributed by atoms with Gasteiger partial charge in [-0.05, 0) is 81.5 Å². The monoisotopic (exact) mass is 660 g/mol. The van der Waals surface area contributed by atoms with Crippen LogP contribution >= 0.6 is 0 Å². The van der Waals surface area contributed by atoms with Gasteiger partial charge in [-0.25, -0.2) is 9.98 Å². The van der Waals surface area contributed by atoms with E-state index in [0.717, 1.165) is 30.5 Å². The standard InChI is InChI=1S/C35H36N10O4/c1-4-44-29-21(18(3)43-44)8-6-5-7-13-45-26(14-17(2)42-45)34(48)40-32-27(22-11-9-19(30(36)46)15-24(22)38-32)28-23-12-10-20(31(37)47)16-25(23)39-33(28)41-35(29)49/h9-12,14-16,27-28H,4-8,13H2,1-3H3,(H2,36,46)(H2,37,47)(H,38,40,48)(H,39,41,49). The Hall–Kier alpha value is -5.92. The molecule has 2 aromatic heterocycles. The number of carbonyl (C=O) groups excluding carboxylic acids is 4. The molecular formula is C35H36N10O4. The van der Waals surface area contributed by atoms with E-state index in [1.807, 2.05) is 20.8 Å². The first kappa shape index (κ1) is 31.7. The lowest BCUT2D eigenvalue weighted by Crippen LogP contribution is -2.42. The van der Waals surface area contributed by atoms with Crippen LogP contribution < -0.4 is 22.1 Å². The molecule has 5 heterocycles. The van der Waals surface area contributed by atoms with Crippen LogP contribution in [0.5, 0.6) is 0 Å². The highest BCUT2D eigenvalue weighted by Gasteiger charge is 2.43. The summed E-state index contributed by atoms with van der Waals surface area (Å²) in [5, 5.41) is 15.4. The number of aliphatic imine (C=N–C) groups is 2. The Balaban J connectivity index is 1.41. The summed E-state index contributed by atoms with van der Waals surface area (Å²) in [7, 11) is 0. The van der Waals surface area contributed by atoms with Crippen LogP contribution in [-0.2, 0) is 19.5 Å². The van der Waals surface area contributed by atoms with Crippen molar-refractivity contribution < 1.29 is 19.2 Å². The van der Waals surface area contributed by atoms with E-state index in [9.17, 15) is 19.2 Å². The molecule has 4 aromatic rings. The molecule has 3 aliphatic heterocycles. The minimum Gasteiger partial charge on any atom is -0.366 e. The molecule has 2 unspecified atom stereocenters. The lowest BCUT2D eigenvalue weighted by Gasteiger charge is -2.25. The van der Waals surface area contributed by atoms with E-state index in [2.05, 4.69) is 20.8 Å². The molecule has 3 aliphatic rings. The number of benzene rings is 2. The largest absolute Gasteiger partial charge is 0.366 e. The first-order chi connectivity index (χ1) is 23.5.